The molecule has 0 spiro atoms. The van der Waals surface area contributed by atoms with Crippen molar-refractivity contribution in [3.63, 3.8) is 0 Å². The number of nitrogens with one attached hydrogen (secondary N) is 1. The van der Waals surface area contributed by atoms with Gasteiger partial charge in [0.2, 0.25) is 5.91 Å². The third-order valence-corrected chi connectivity index (χ3v) is 6.23. The van der Waals surface area contributed by atoms with Gasteiger partial charge in [0, 0.05) is 17.5 Å². The van der Waals surface area contributed by atoms with E-state index >= 15 is 0 Å². The van der Waals surface area contributed by atoms with Crippen LogP contribution in [0.2, 0.25) is 0 Å². The predicted molar refractivity (Wildman–Crippen MR) is 113 cm³/mol. The quantitative estimate of drug-likeness (QED) is 0.690. The van der Waals surface area contributed by atoms with Crippen molar-refractivity contribution < 1.29 is 4.79 Å². The van der Waals surface area contributed by atoms with Gasteiger partial charge in [-0.15, -0.1) is 11.3 Å². The summed E-state index contributed by atoms with van der Waals surface area (Å²) in [5.41, 5.74) is 3.21. The van der Waals surface area contributed by atoms with Gasteiger partial charge < -0.3 is 10.2 Å². The van der Waals surface area contributed by atoms with Crippen LogP contribution in [0.25, 0.3) is 10.6 Å². The summed E-state index contributed by atoms with van der Waals surface area (Å²) in [7, 11) is 0. The lowest BCUT2D eigenvalue weighted by atomic mass is 9.99. The molecule has 0 aliphatic carbocycles. The third kappa shape index (κ3) is 6.43. The normalized spacial score (nSPS) is 15.8. The van der Waals surface area contributed by atoms with Crippen LogP contribution in [0.1, 0.15) is 43.9 Å². The minimum absolute atomic E-state index is 0.0718. The van der Waals surface area contributed by atoms with E-state index in [9.17, 15) is 4.79 Å². The summed E-state index contributed by atoms with van der Waals surface area (Å²) in [6.45, 7) is 8.82. The van der Waals surface area contributed by atoms with Crippen LogP contribution in [-0.4, -0.2) is 42.0 Å². The number of unbranched alkanes of at least 4 members (excludes halogenated alkanes) is 1. The van der Waals surface area contributed by atoms with E-state index < -0.39 is 0 Å². The number of piperidine rings is 1. The lowest BCUT2D eigenvalue weighted by Crippen LogP contribution is -2.34. The number of hydrogen-bond acceptors (Lipinski definition) is 4. The van der Waals surface area contributed by atoms with Crippen LogP contribution in [0.3, 0.4) is 0 Å². The molecule has 1 fully saturated rings. The number of benzene rings is 1. The van der Waals surface area contributed by atoms with Crippen LogP contribution in [0.4, 0.5) is 0 Å². The molecular formula is C22H31N3OS. The standard InChI is InChI=1S/C22H31N3OS/c1-17-5-7-19(8-6-17)22-24-20(16-27-22)15-21(26)23-11-3-4-12-25-13-9-18(2)10-14-25/h5-8,16,18H,3-4,9-15H2,1-2H3,(H,23,26). The van der Waals surface area contributed by atoms with Gasteiger partial charge in [0.05, 0.1) is 12.1 Å². The first-order valence-electron chi connectivity index (χ1n) is 10.1. The number of thiazole rings is 1. The molecule has 27 heavy (non-hydrogen) atoms. The van der Waals surface area contributed by atoms with Gasteiger partial charge in [0.25, 0.3) is 0 Å². The van der Waals surface area contributed by atoms with Crippen LogP contribution in [0.15, 0.2) is 29.6 Å². The Morgan fingerprint density at radius 2 is 1.96 bits per heavy atom. The Balaban J connectivity index is 1.33. The van der Waals surface area contributed by atoms with E-state index in [0.717, 1.165) is 48.1 Å². The van der Waals surface area contributed by atoms with Gasteiger partial charge in [-0.2, -0.15) is 0 Å². The Morgan fingerprint density at radius 1 is 1.22 bits per heavy atom. The van der Waals surface area contributed by atoms with Gasteiger partial charge in [-0.3, -0.25) is 4.79 Å². The van der Waals surface area contributed by atoms with E-state index in [0.29, 0.717) is 6.42 Å². The Labute approximate surface area is 167 Å². The number of aromatic nitrogens is 1. The highest BCUT2D eigenvalue weighted by molar-refractivity contribution is 7.13. The zero-order valence-corrected chi connectivity index (χ0v) is 17.4. The second kappa shape index (κ2) is 10.00. The molecule has 0 unspecified atom stereocenters. The van der Waals surface area contributed by atoms with Gasteiger partial charge in [0.1, 0.15) is 5.01 Å². The molecule has 2 heterocycles. The summed E-state index contributed by atoms with van der Waals surface area (Å²) in [6.07, 6.45) is 5.22. The van der Waals surface area contributed by atoms with E-state index in [1.807, 2.05) is 5.38 Å². The Kier molecular flexibility index (Phi) is 7.41. The number of carbonyl (C=O) groups is 1. The predicted octanol–water partition coefficient (Wildman–Crippen LogP) is 4.29. The number of amides is 1. The monoisotopic (exact) mass is 385 g/mol. The van der Waals surface area contributed by atoms with Crippen molar-refractivity contribution in [2.75, 3.05) is 26.2 Å². The average Bonchev–Trinajstić information content (AvgIpc) is 3.12. The molecule has 0 bridgehead atoms. The van der Waals surface area contributed by atoms with Gasteiger partial charge in [-0.25, -0.2) is 4.98 Å². The first kappa shape index (κ1) is 20.0. The molecule has 0 atom stereocenters. The first-order chi connectivity index (χ1) is 13.1. The molecule has 146 valence electrons. The van der Waals surface area contributed by atoms with Crippen molar-refractivity contribution >= 4 is 17.2 Å². The van der Waals surface area contributed by atoms with E-state index in [1.54, 1.807) is 11.3 Å². The number of hydrogen-bond donors (Lipinski definition) is 1. The molecule has 1 saturated heterocycles. The third-order valence-electron chi connectivity index (χ3n) is 5.29. The molecule has 1 aromatic heterocycles. The number of aryl methyl sites for hydroxylation is 1. The van der Waals surface area contributed by atoms with Crippen LogP contribution in [0, 0.1) is 12.8 Å². The highest BCUT2D eigenvalue weighted by Crippen LogP contribution is 2.24. The molecule has 4 nitrogen and oxygen atoms in total. The Morgan fingerprint density at radius 3 is 2.70 bits per heavy atom. The molecule has 5 heteroatoms. The second-order valence-electron chi connectivity index (χ2n) is 7.77. The van der Waals surface area contributed by atoms with Crippen LogP contribution in [-0.2, 0) is 11.2 Å². The van der Waals surface area contributed by atoms with Gasteiger partial charge in [0.15, 0.2) is 0 Å². The molecule has 1 aliphatic rings. The average molecular weight is 386 g/mol. The topological polar surface area (TPSA) is 45.2 Å². The highest BCUT2D eigenvalue weighted by atomic mass is 32.1. The Hall–Kier alpha value is -1.72. The fraction of sp³-hybridized carbons (Fsp3) is 0.545. The number of nitrogens with zero attached hydrogens (tertiary/aromatic N) is 2. The molecule has 3 rings (SSSR count). The number of likely N-dealkylation sites (tertiary alicyclic amines) is 1. The fourth-order valence-electron chi connectivity index (χ4n) is 3.42. The molecule has 1 aromatic carbocycles. The van der Waals surface area contributed by atoms with Crippen molar-refractivity contribution in [2.45, 2.75) is 46.0 Å². The molecular weight excluding hydrogens is 354 g/mol. The first-order valence-corrected chi connectivity index (χ1v) is 11.0. The zero-order valence-electron chi connectivity index (χ0n) is 16.5. The largest absolute Gasteiger partial charge is 0.356 e. The fourth-order valence-corrected chi connectivity index (χ4v) is 4.24. The van der Waals surface area contributed by atoms with E-state index in [2.05, 4.69) is 53.3 Å². The van der Waals surface area contributed by atoms with Crippen molar-refractivity contribution in [1.29, 1.82) is 0 Å². The SMILES string of the molecule is Cc1ccc(-c2nc(CC(=O)NCCCCN3CCC(C)CC3)cs2)cc1. The summed E-state index contributed by atoms with van der Waals surface area (Å²) in [4.78, 5) is 19.3. The Bertz CT molecular complexity index is 717. The van der Waals surface area contributed by atoms with Crippen molar-refractivity contribution in [3.05, 3.63) is 40.9 Å². The maximum Gasteiger partial charge on any atom is 0.226 e. The van der Waals surface area contributed by atoms with Crippen LogP contribution < -0.4 is 5.32 Å². The smallest absolute Gasteiger partial charge is 0.226 e. The van der Waals surface area contributed by atoms with Gasteiger partial charge >= 0.3 is 0 Å². The maximum atomic E-state index is 12.1. The van der Waals surface area contributed by atoms with Gasteiger partial charge in [-0.05, 0) is 58.2 Å². The summed E-state index contributed by atoms with van der Waals surface area (Å²) in [6, 6.07) is 8.35. The van der Waals surface area contributed by atoms with Crippen molar-refractivity contribution in [3.8, 4) is 10.6 Å². The van der Waals surface area contributed by atoms with Crippen LogP contribution in [0.5, 0.6) is 0 Å². The van der Waals surface area contributed by atoms with Crippen molar-refractivity contribution in [2.24, 2.45) is 5.92 Å². The molecule has 1 aliphatic heterocycles. The second-order valence-corrected chi connectivity index (χ2v) is 8.63. The molecule has 2 aromatic rings. The lowest BCUT2D eigenvalue weighted by Gasteiger charge is -2.30. The highest BCUT2D eigenvalue weighted by Gasteiger charge is 2.14. The van der Waals surface area contributed by atoms with Crippen molar-refractivity contribution in [1.82, 2.24) is 15.2 Å². The van der Waals surface area contributed by atoms with Gasteiger partial charge in [-0.1, -0.05) is 36.8 Å². The zero-order chi connectivity index (χ0) is 19.1. The minimum Gasteiger partial charge on any atom is -0.356 e. The number of carbonyl (C=O) groups excluding carboxylic acids is 1. The summed E-state index contributed by atoms with van der Waals surface area (Å²) < 4.78 is 0. The van der Waals surface area contributed by atoms with E-state index in [-0.39, 0.29) is 5.91 Å². The summed E-state index contributed by atoms with van der Waals surface area (Å²) in [5.74, 6) is 0.959. The molecule has 1 amide bonds. The molecule has 0 saturated carbocycles. The lowest BCUT2D eigenvalue weighted by molar-refractivity contribution is -0.120. The summed E-state index contributed by atoms with van der Waals surface area (Å²) >= 11 is 1.60. The van der Waals surface area contributed by atoms with E-state index in [4.69, 9.17) is 0 Å². The molecule has 0 radical (unpaired) electrons. The summed E-state index contributed by atoms with van der Waals surface area (Å²) in [5, 5.41) is 6.01. The number of rotatable bonds is 8. The van der Waals surface area contributed by atoms with E-state index in [1.165, 1.54) is 31.5 Å². The van der Waals surface area contributed by atoms with Crippen LogP contribution >= 0.6 is 11.3 Å². The maximum absolute atomic E-state index is 12.1. The molecule has 1 N–H and O–H groups in total. The minimum atomic E-state index is 0.0718.